The van der Waals surface area contributed by atoms with E-state index in [2.05, 4.69) is 78.9 Å². The Bertz CT molecular complexity index is 1560. The van der Waals surface area contributed by atoms with Crippen LogP contribution in [0.2, 0.25) is 0 Å². The van der Waals surface area contributed by atoms with Crippen molar-refractivity contribution in [1.29, 1.82) is 0 Å². The van der Waals surface area contributed by atoms with Gasteiger partial charge in [-0.2, -0.15) is 0 Å². The Morgan fingerprint density at radius 2 is 0.900 bits per heavy atom. The van der Waals surface area contributed by atoms with Crippen molar-refractivity contribution in [2.45, 2.75) is 0 Å². The Hall–Kier alpha value is -3.97. The second-order valence-electron chi connectivity index (χ2n) is 7.69. The Balaban J connectivity index is 1.85. The van der Waals surface area contributed by atoms with Crippen molar-refractivity contribution in [3.8, 4) is 11.1 Å². The van der Waals surface area contributed by atoms with Crippen LogP contribution in [0.15, 0.2) is 103 Å². The molecule has 0 aliphatic heterocycles. The van der Waals surface area contributed by atoms with Crippen molar-refractivity contribution in [2.24, 2.45) is 0 Å². The zero-order valence-electron chi connectivity index (χ0n) is 16.3. The fourth-order valence-electron chi connectivity index (χ4n) is 4.84. The van der Waals surface area contributed by atoms with Gasteiger partial charge in [0.15, 0.2) is 6.29 Å². The first-order valence-electron chi connectivity index (χ1n) is 10.2. The Morgan fingerprint density at radius 1 is 0.400 bits per heavy atom. The first-order chi connectivity index (χ1) is 14.9. The lowest BCUT2D eigenvalue weighted by molar-refractivity contribution is 0.112. The minimum Gasteiger partial charge on any atom is -0.298 e. The van der Waals surface area contributed by atoms with Gasteiger partial charge >= 0.3 is 0 Å². The summed E-state index contributed by atoms with van der Waals surface area (Å²) in [6.07, 6.45) is 0.943. The van der Waals surface area contributed by atoms with Crippen LogP contribution in [0, 0.1) is 0 Å². The number of carbonyl (C=O) groups is 1. The van der Waals surface area contributed by atoms with Crippen LogP contribution in [0.5, 0.6) is 0 Å². The van der Waals surface area contributed by atoms with Gasteiger partial charge in [-0.3, -0.25) is 4.79 Å². The number of hydrogen-bond donors (Lipinski definition) is 0. The summed E-state index contributed by atoms with van der Waals surface area (Å²) >= 11 is 0. The molecule has 30 heavy (non-hydrogen) atoms. The minimum absolute atomic E-state index is 0.727. The van der Waals surface area contributed by atoms with Crippen LogP contribution in [0.4, 0.5) is 0 Å². The van der Waals surface area contributed by atoms with E-state index < -0.39 is 0 Å². The molecule has 0 bridgehead atoms. The van der Waals surface area contributed by atoms with Crippen LogP contribution in [-0.2, 0) is 0 Å². The Kier molecular flexibility index (Phi) is 3.69. The van der Waals surface area contributed by atoms with E-state index in [-0.39, 0.29) is 0 Å². The van der Waals surface area contributed by atoms with Gasteiger partial charge in [0.2, 0.25) is 0 Å². The third-order valence-corrected chi connectivity index (χ3v) is 6.14. The normalized spacial score (nSPS) is 11.5. The maximum Gasteiger partial charge on any atom is 0.150 e. The predicted molar refractivity (Wildman–Crippen MR) is 127 cm³/mol. The summed E-state index contributed by atoms with van der Waals surface area (Å²) in [5.41, 5.74) is 3.08. The van der Waals surface area contributed by atoms with Gasteiger partial charge in [-0.1, -0.05) is 103 Å². The van der Waals surface area contributed by atoms with E-state index in [9.17, 15) is 4.79 Å². The van der Waals surface area contributed by atoms with Gasteiger partial charge in [-0.25, -0.2) is 0 Å². The van der Waals surface area contributed by atoms with Gasteiger partial charge in [0.05, 0.1) is 0 Å². The summed E-state index contributed by atoms with van der Waals surface area (Å²) in [6, 6.07) is 36.0. The molecule has 0 aromatic heterocycles. The molecular formula is C29H18O. The third-order valence-electron chi connectivity index (χ3n) is 6.14. The highest BCUT2D eigenvalue weighted by atomic mass is 16.1. The highest BCUT2D eigenvalue weighted by Gasteiger charge is 2.14. The van der Waals surface area contributed by atoms with E-state index in [0.717, 1.165) is 28.2 Å². The highest BCUT2D eigenvalue weighted by molar-refractivity contribution is 6.29. The van der Waals surface area contributed by atoms with Crippen molar-refractivity contribution >= 4 is 49.4 Å². The van der Waals surface area contributed by atoms with Crippen molar-refractivity contribution < 1.29 is 4.79 Å². The fourth-order valence-corrected chi connectivity index (χ4v) is 4.84. The smallest absolute Gasteiger partial charge is 0.150 e. The quantitative estimate of drug-likeness (QED) is 0.221. The van der Waals surface area contributed by atoms with E-state index in [1.807, 2.05) is 24.3 Å². The highest BCUT2D eigenvalue weighted by Crippen LogP contribution is 2.41. The molecule has 6 aromatic carbocycles. The molecule has 140 valence electrons. The van der Waals surface area contributed by atoms with E-state index >= 15 is 0 Å². The summed E-state index contributed by atoms with van der Waals surface area (Å²) in [4.78, 5) is 11.6. The fraction of sp³-hybridized carbons (Fsp3) is 0. The molecular weight excluding hydrogens is 364 g/mol. The first-order valence-corrected chi connectivity index (χ1v) is 10.2. The lowest BCUT2D eigenvalue weighted by atomic mass is 9.87. The van der Waals surface area contributed by atoms with E-state index in [1.54, 1.807) is 0 Å². The molecule has 0 atom stereocenters. The van der Waals surface area contributed by atoms with E-state index in [1.165, 1.54) is 37.9 Å². The Labute approximate surface area is 174 Å². The molecule has 0 aliphatic rings. The molecule has 0 radical (unpaired) electrons. The number of aldehydes is 1. The van der Waals surface area contributed by atoms with Crippen LogP contribution in [0.25, 0.3) is 54.2 Å². The lowest BCUT2D eigenvalue weighted by Gasteiger charge is -2.16. The minimum atomic E-state index is 0.727. The van der Waals surface area contributed by atoms with E-state index in [4.69, 9.17) is 0 Å². The van der Waals surface area contributed by atoms with Gasteiger partial charge < -0.3 is 0 Å². The molecule has 6 rings (SSSR count). The van der Waals surface area contributed by atoms with Crippen molar-refractivity contribution in [3.63, 3.8) is 0 Å². The molecule has 1 nitrogen and oxygen atoms in total. The predicted octanol–water partition coefficient (Wildman–Crippen LogP) is 7.78. The number of benzene rings is 6. The molecule has 0 saturated carbocycles. The summed E-state index contributed by atoms with van der Waals surface area (Å²) in [5, 5.41) is 9.67. The topological polar surface area (TPSA) is 17.1 Å². The van der Waals surface area contributed by atoms with E-state index in [0.29, 0.717) is 0 Å². The second-order valence-corrected chi connectivity index (χ2v) is 7.69. The number of fused-ring (bicyclic) bond motifs is 7. The molecule has 0 heterocycles. The van der Waals surface area contributed by atoms with Crippen LogP contribution >= 0.6 is 0 Å². The molecule has 0 fully saturated rings. The van der Waals surface area contributed by atoms with Crippen molar-refractivity contribution in [3.05, 3.63) is 109 Å². The van der Waals surface area contributed by atoms with Gasteiger partial charge in [-0.05, 0) is 54.2 Å². The molecule has 0 unspecified atom stereocenters. The SMILES string of the molecule is O=Cc1ccc(-c2cccc3c4ccccc4c4ccccc4c23)c2ccccc12. The Morgan fingerprint density at radius 3 is 1.53 bits per heavy atom. The molecule has 0 saturated heterocycles. The molecule has 0 N–H and O–H groups in total. The standard InChI is InChI=1S/C29H18O/c30-18-19-16-17-25(21-9-2-1-8-20(19)21)28-15-7-14-27-24-11-4-3-10-22(24)23-12-5-6-13-26(23)29(27)28/h1-18H. The van der Waals surface area contributed by atoms with Gasteiger partial charge in [0, 0.05) is 5.56 Å². The monoisotopic (exact) mass is 382 g/mol. The molecule has 0 aliphatic carbocycles. The average Bonchev–Trinajstić information content (AvgIpc) is 2.83. The number of hydrogen-bond acceptors (Lipinski definition) is 1. The van der Waals surface area contributed by atoms with Gasteiger partial charge in [0.1, 0.15) is 0 Å². The number of carbonyl (C=O) groups excluding carboxylic acids is 1. The van der Waals surface area contributed by atoms with Gasteiger partial charge in [-0.15, -0.1) is 0 Å². The zero-order chi connectivity index (χ0) is 20.1. The third kappa shape index (κ3) is 2.33. The largest absolute Gasteiger partial charge is 0.298 e. The molecule has 0 amide bonds. The molecule has 0 spiro atoms. The first kappa shape index (κ1) is 16.9. The summed E-state index contributed by atoms with van der Waals surface area (Å²) in [5.74, 6) is 0. The number of rotatable bonds is 2. The lowest BCUT2D eigenvalue weighted by Crippen LogP contribution is -1.90. The van der Waals surface area contributed by atoms with Crippen molar-refractivity contribution in [2.75, 3.05) is 0 Å². The van der Waals surface area contributed by atoms with Gasteiger partial charge in [0.25, 0.3) is 0 Å². The van der Waals surface area contributed by atoms with Crippen molar-refractivity contribution in [1.82, 2.24) is 0 Å². The van der Waals surface area contributed by atoms with Crippen LogP contribution in [0.3, 0.4) is 0 Å². The zero-order valence-corrected chi connectivity index (χ0v) is 16.3. The van der Waals surface area contributed by atoms with Crippen LogP contribution in [0.1, 0.15) is 10.4 Å². The molecule has 6 aromatic rings. The van der Waals surface area contributed by atoms with Crippen LogP contribution in [-0.4, -0.2) is 6.29 Å². The summed E-state index contributed by atoms with van der Waals surface area (Å²) in [7, 11) is 0. The summed E-state index contributed by atoms with van der Waals surface area (Å²) < 4.78 is 0. The average molecular weight is 382 g/mol. The second kappa shape index (κ2) is 6.53. The molecule has 1 heteroatoms. The van der Waals surface area contributed by atoms with Crippen LogP contribution < -0.4 is 0 Å². The maximum absolute atomic E-state index is 11.6. The maximum atomic E-state index is 11.6. The summed E-state index contributed by atoms with van der Waals surface area (Å²) in [6.45, 7) is 0.